The molecule has 0 heterocycles. The van der Waals surface area contributed by atoms with Crippen molar-refractivity contribution in [1.82, 2.24) is 5.12 Å². The zero-order chi connectivity index (χ0) is 23.6. The molecule has 0 aliphatic heterocycles. The van der Waals surface area contributed by atoms with E-state index >= 15 is 0 Å². The van der Waals surface area contributed by atoms with Gasteiger partial charge in [-0.3, -0.25) is 0 Å². The van der Waals surface area contributed by atoms with Crippen LogP contribution in [0.25, 0.3) is 0 Å². The van der Waals surface area contributed by atoms with Crippen molar-refractivity contribution in [3.8, 4) is 11.8 Å². The largest absolute Gasteiger partial charge is 0.233 e. The van der Waals surface area contributed by atoms with Crippen LogP contribution in [0.2, 0.25) is 0 Å². The molecule has 0 aromatic heterocycles. The Bertz CT molecular complexity index is 749. The summed E-state index contributed by atoms with van der Waals surface area (Å²) in [6, 6.07) is 0. The smallest absolute Gasteiger partial charge is 0.0558 e. The summed E-state index contributed by atoms with van der Waals surface area (Å²) in [5.41, 5.74) is 0.847. The highest BCUT2D eigenvalue weighted by Gasteiger charge is 2.58. The molecule has 186 valence electrons. The fourth-order valence-electron chi connectivity index (χ4n) is 9.76. The molecule has 0 saturated heterocycles. The number of hydrogen-bond donors (Lipinski definition) is 1. The van der Waals surface area contributed by atoms with Crippen LogP contribution in [0.3, 0.4) is 0 Å². The van der Waals surface area contributed by atoms with Gasteiger partial charge in [-0.15, -0.1) is 5.92 Å². The molecular weight excluding hydrogens is 402 g/mol. The van der Waals surface area contributed by atoms with Gasteiger partial charge in [-0.2, -0.15) is 5.10 Å². The summed E-state index contributed by atoms with van der Waals surface area (Å²) >= 11 is 0. The minimum atomic E-state index is 0.336. The van der Waals surface area contributed by atoms with Gasteiger partial charge in [0.1, 0.15) is 0 Å². The Balaban J connectivity index is 1.44. The third kappa shape index (κ3) is 4.76. The van der Waals surface area contributed by atoms with Gasteiger partial charge in [0.05, 0.1) is 6.54 Å². The number of fused-ring (bicyclic) bond motifs is 5. The molecule has 4 aliphatic rings. The molecule has 0 aromatic rings. The standard InChI is InChI=1S/C30H51N3/c1-6-15-30(16-7-2)18-14-24-23(20-30)9-10-26-25(24)13-17-29(5)27(11-12-28(26)29)22(4)21-33(31)32-19-8-3/h19,22-28H,6,8-15,17-18,20-21,31H2,1-5H3/b32-19+/t22-,23-,24+,25-,26-,27-,28+,29-,30-/m1/s1. The van der Waals surface area contributed by atoms with Crippen LogP contribution in [-0.4, -0.2) is 17.9 Å². The maximum atomic E-state index is 6.21. The molecule has 0 unspecified atom stereocenters. The second-order valence-corrected chi connectivity index (χ2v) is 12.6. The second kappa shape index (κ2) is 10.3. The molecule has 0 amide bonds. The number of nitrogens with two attached hydrogens (primary N) is 1. The van der Waals surface area contributed by atoms with Gasteiger partial charge in [0, 0.05) is 11.6 Å². The van der Waals surface area contributed by atoms with E-state index in [-0.39, 0.29) is 0 Å². The van der Waals surface area contributed by atoms with E-state index in [1.54, 1.807) is 5.12 Å². The van der Waals surface area contributed by atoms with E-state index in [0.29, 0.717) is 16.7 Å². The highest BCUT2D eigenvalue weighted by atomic mass is 15.6. The quantitative estimate of drug-likeness (QED) is 0.190. The summed E-state index contributed by atoms with van der Waals surface area (Å²) in [6.07, 6.45) is 18.4. The van der Waals surface area contributed by atoms with Gasteiger partial charge in [-0.25, -0.2) is 11.0 Å². The number of hydrazine groups is 1. The fourth-order valence-corrected chi connectivity index (χ4v) is 9.76. The second-order valence-electron chi connectivity index (χ2n) is 12.6. The molecule has 4 aliphatic carbocycles. The predicted octanol–water partition coefficient (Wildman–Crippen LogP) is 7.27. The Labute approximate surface area is 204 Å². The third-order valence-electron chi connectivity index (χ3n) is 10.9. The summed E-state index contributed by atoms with van der Waals surface area (Å²) < 4.78 is 0. The highest BCUT2D eigenvalue weighted by Crippen LogP contribution is 2.66. The first-order chi connectivity index (χ1) is 15.9. The zero-order valence-corrected chi connectivity index (χ0v) is 22.3. The Morgan fingerprint density at radius 2 is 1.85 bits per heavy atom. The van der Waals surface area contributed by atoms with Gasteiger partial charge in [0.2, 0.25) is 0 Å². The Kier molecular flexibility index (Phi) is 7.84. The minimum Gasteiger partial charge on any atom is -0.233 e. The first-order valence-corrected chi connectivity index (χ1v) is 14.4. The minimum absolute atomic E-state index is 0.336. The normalized spacial score (nSPS) is 43.2. The monoisotopic (exact) mass is 453 g/mol. The number of hydrazone groups is 1. The zero-order valence-electron chi connectivity index (χ0n) is 22.3. The molecule has 2 N–H and O–H groups in total. The lowest BCUT2D eigenvalue weighted by Crippen LogP contribution is -2.50. The summed E-state index contributed by atoms with van der Waals surface area (Å²) in [6.45, 7) is 12.5. The number of rotatable bonds is 7. The van der Waals surface area contributed by atoms with E-state index in [1.807, 2.05) is 6.21 Å². The van der Waals surface area contributed by atoms with Crippen LogP contribution in [0.1, 0.15) is 112 Å². The van der Waals surface area contributed by atoms with Crippen LogP contribution in [-0.2, 0) is 0 Å². The van der Waals surface area contributed by atoms with Crippen molar-refractivity contribution in [2.45, 2.75) is 112 Å². The molecule has 4 saturated carbocycles. The molecule has 3 nitrogen and oxygen atoms in total. The molecule has 33 heavy (non-hydrogen) atoms. The van der Waals surface area contributed by atoms with E-state index in [2.05, 4.69) is 51.6 Å². The maximum absolute atomic E-state index is 6.21. The molecule has 9 atom stereocenters. The van der Waals surface area contributed by atoms with Crippen molar-refractivity contribution in [3.05, 3.63) is 0 Å². The van der Waals surface area contributed by atoms with E-state index in [0.717, 1.165) is 48.5 Å². The molecule has 0 aromatic carbocycles. The van der Waals surface area contributed by atoms with Crippen LogP contribution >= 0.6 is 0 Å². The van der Waals surface area contributed by atoms with E-state index in [1.165, 1.54) is 70.6 Å². The highest BCUT2D eigenvalue weighted by molar-refractivity contribution is 5.55. The Hall–Kier alpha value is -1.01. The number of hydrogen-bond acceptors (Lipinski definition) is 3. The van der Waals surface area contributed by atoms with Crippen molar-refractivity contribution in [1.29, 1.82) is 0 Å². The van der Waals surface area contributed by atoms with Crippen molar-refractivity contribution < 1.29 is 0 Å². The molecule has 0 spiro atoms. The maximum Gasteiger partial charge on any atom is 0.0558 e. The average molecular weight is 454 g/mol. The van der Waals surface area contributed by atoms with Crippen LogP contribution < -0.4 is 5.84 Å². The van der Waals surface area contributed by atoms with E-state index < -0.39 is 0 Å². The average Bonchev–Trinajstić information content (AvgIpc) is 3.15. The molecule has 0 radical (unpaired) electrons. The molecule has 3 heteroatoms. The van der Waals surface area contributed by atoms with Crippen LogP contribution in [0, 0.1) is 64.1 Å². The van der Waals surface area contributed by atoms with Gasteiger partial charge in [-0.1, -0.05) is 40.0 Å². The molecule has 4 rings (SSSR count). The Morgan fingerprint density at radius 1 is 1.06 bits per heavy atom. The van der Waals surface area contributed by atoms with Gasteiger partial charge < -0.3 is 0 Å². The van der Waals surface area contributed by atoms with Gasteiger partial charge in [0.15, 0.2) is 0 Å². The Morgan fingerprint density at radius 3 is 2.58 bits per heavy atom. The van der Waals surface area contributed by atoms with Gasteiger partial charge >= 0.3 is 0 Å². The first-order valence-electron chi connectivity index (χ1n) is 14.4. The van der Waals surface area contributed by atoms with Crippen molar-refractivity contribution >= 4 is 6.21 Å². The lowest BCUT2D eigenvalue weighted by molar-refractivity contribution is -0.0806. The molecular formula is C30H51N3. The lowest BCUT2D eigenvalue weighted by atomic mass is 9.47. The van der Waals surface area contributed by atoms with Crippen LogP contribution in [0.4, 0.5) is 0 Å². The third-order valence-corrected chi connectivity index (χ3v) is 10.9. The first kappa shape index (κ1) is 25.1. The SMILES string of the molecule is CC#C[C@]1(CCC)CC[C@H]2[C@H](CC[C@@H]3[C@@H]2CC[C@]2(C)[C@@H]([C@H](C)CN(N)/N=C/CC)CC[C@@H]32)C1. The van der Waals surface area contributed by atoms with Gasteiger partial charge in [-0.05, 0) is 124 Å². The van der Waals surface area contributed by atoms with Crippen LogP contribution in [0.5, 0.6) is 0 Å². The lowest BCUT2D eigenvalue weighted by Gasteiger charge is -2.57. The topological polar surface area (TPSA) is 41.6 Å². The summed E-state index contributed by atoms with van der Waals surface area (Å²) in [7, 11) is 0. The van der Waals surface area contributed by atoms with E-state index in [4.69, 9.17) is 5.84 Å². The summed E-state index contributed by atoms with van der Waals surface area (Å²) in [4.78, 5) is 0. The summed E-state index contributed by atoms with van der Waals surface area (Å²) in [5, 5.41) is 6.11. The van der Waals surface area contributed by atoms with Crippen LogP contribution in [0.15, 0.2) is 5.10 Å². The van der Waals surface area contributed by atoms with Crippen molar-refractivity contribution in [2.24, 2.45) is 63.2 Å². The molecule has 0 bridgehead atoms. The van der Waals surface area contributed by atoms with Crippen molar-refractivity contribution in [3.63, 3.8) is 0 Å². The van der Waals surface area contributed by atoms with Gasteiger partial charge in [0.25, 0.3) is 0 Å². The van der Waals surface area contributed by atoms with E-state index in [9.17, 15) is 0 Å². The van der Waals surface area contributed by atoms with Crippen molar-refractivity contribution in [2.75, 3.05) is 6.54 Å². The predicted molar refractivity (Wildman–Crippen MR) is 140 cm³/mol. The molecule has 4 fully saturated rings. The summed E-state index contributed by atoms with van der Waals surface area (Å²) in [5.74, 6) is 19.5. The fraction of sp³-hybridized carbons (Fsp3) is 0.900. The number of nitrogens with zero attached hydrogens (tertiary/aromatic N) is 2.